The van der Waals surface area contributed by atoms with Gasteiger partial charge in [-0.1, -0.05) is 25.6 Å². The SMILES string of the molecule is CCNC(C)CC(C)Sc1nnc(C)o1. The van der Waals surface area contributed by atoms with Gasteiger partial charge >= 0.3 is 0 Å². The lowest BCUT2D eigenvalue weighted by atomic mass is 10.2. The molecule has 2 unspecified atom stereocenters. The summed E-state index contributed by atoms with van der Waals surface area (Å²) in [6.07, 6.45) is 1.10. The highest BCUT2D eigenvalue weighted by molar-refractivity contribution is 7.99. The van der Waals surface area contributed by atoms with Crippen LogP contribution in [-0.2, 0) is 0 Å². The van der Waals surface area contributed by atoms with E-state index in [0.29, 0.717) is 22.4 Å². The molecule has 5 heteroatoms. The van der Waals surface area contributed by atoms with E-state index in [2.05, 4.69) is 36.3 Å². The summed E-state index contributed by atoms with van der Waals surface area (Å²) in [6, 6.07) is 0.529. The van der Waals surface area contributed by atoms with Crippen LogP contribution in [0.4, 0.5) is 0 Å². The highest BCUT2D eigenvalue weighted by atomic mass is 32.2. The number of aryl methyl sites for hydroxylation is 1. The molecular weight excluding hydrogens is 210 g/mol. The average molecular weight is 229 g/mol. The van der Waals surface area contributed by atoms with Crippen LogP contribution in [0.5, 0.6) is 0 Å². The molecule has 0 aliphatic rings. The van der Waals surface area contributed by atoms with Gasteiger partial charge in [-0.2, -0.15) is 0 Å². The van der Waals surface area contributed by atoms with Gasteiger partial charge in [-0.3, -0.25) is 0 Å². The number of hydrogen-bond acceptors (Lipinski definition) is 5. The normalized spacial score (nSPS) is 15.2. The summed E-state index contributed by atoms with van der Waals surface area (Å²) in [5, 5.41) is 12.3. The Morgan fingerprint density at radius 3 is 2.67 bits per heavy atom. The van der Waals surface area contributed by atoms with Crippen molar-refractivity contribution in [3.05, 3.63) is 5.89 Å². The first-order chi connectivity index (χ1) is 7.11. The minimum absolute atomic E-state index is 0.485. The second kappa shape index (κ2) is 6.12. The second-order valence-corrected chi connectivity index (χ2v) is 5.10. The Kier molecular flexibility index (Phi) is 5.11. The standard InChI is InChI=1S/C10H19N3OS/c1-5-11-7(2)6-8(3)15-10-13-12-9(4)14-10/h7-8,11H,5-6H2,1-4H3. The number of nitrogens with one attached hydrogen (secondary N) is 1. The molecule has 1 N–H and O–H groups in total. The Balaban J connectivity index is 2.32. The van der Waals surface area contributed by atoms with E-state index in [-0.39, 0.29) is 0 Å². The molecule has 0 aromatic carbocycles. The van der Waals surface area contributed by atoms with E-state index in [1.807, 2.05) is 6.92 Å². The third kappa shape index (κ3) is 4.66. The molecule has 1 heterocycles. The van der Waals surface area contributed by atoms with Crippen LogP contribution in [0.1, 0.15) is 33.1 Å². The highest BCUT2D eigenvalue weighted by Crippen LogP contribution is 2.24. The molecule has 0 aliphatic heterocycles. The molecule has 0 radical (unpaired) electrons. The molecule has 0 aliphatic carbocycles. The van der Waals surface area contributed by atoms with Gasteiger partial charge in [0.1, 0.15) is 0 Å². The van der Waals surface area contributed by atoms with Crippen molar-refractivity contribution in [1.82, 2.24) is 15.5 Å². The summed E-state index contributed by atoms with van der Waals surface area (Å²) < 4.78 is 5.32. The van der Waals surface area contributed by atoms with E-state index >= 15 is 0 Å². The highest BCUT2D eigenvalue weighted by Gasteiger charge is 2.12. The lowest BCUT2D eigenvalue weighted by molar-refractivity contribution is 0.427. The summed E-state index contributed by atoms with van der Waals surface area (Å²) in [4.78, 5) is 0. The molecule has 1 rings (SSSR count). The van der Waals surface area contributed by atoms with Crippen LogP contribution >= 0.6 is 11.8 Å². The van der Waals surface area contributed by atoms with Gasteiger partial charge in [-0.05, 0) is 19.9 Å². The molecule has 0 fully saturated rings. The van der Waals surface area contributed by atoms with Crippen LogP contribution in [0.25, 0.3) is 0 Å². The van der Waals surface area contributed by atoms with Crippen molar-refractivity contribution in [2.75, 3.05) is 6.54 Å². The first-order valence-electron chi connectivity index (χ1n) is 5.32. The van der Waals surface area contributed by atoms with Crippen molar-refractivity contribution in [1.29, 1.82) is 0 Å². The number of hydrogen-bond donors (Lipinski definition) is 1. The molecule has 0 amide bonds. The Morgan fingerprint density at radius 1 is 1.40 bits per heavy atom. The topological polar surface area (TPSA) is 51.0 Å². The zero-order valence-corrected chi connectivity index (χ0v) is 10.6. The molecule has 15 heavy (non-hydrogen) atoms. The second-order valence-electron chi connectivity index (χ2n) is 3.71. The molecule has 0 bridgehead atoms. The quantitative estimate of drug-likeness (QED) is 0.758. The molecule has 0 saturated heterocycles. The van der Waals surface area contributed by atoms with Gasteiger partial charge < -0.3 is 9.73 Å². The van der Waals surface area contributed by atoms with Crippen LogP contribution in [-0.4, -0.2) is 28.0 Å². The largest absolute Gasteiger partial charge is 0.416 e. The van der Waals surface area contributed by atoms with Gasteiger partial charge in [0, 0.05) is 18.2 Å². The molecule has 2 atom stereocenters. The zero-order valence-electron chi connectivity index (χ0n) is 9.78. The Morgan fingerprint density at radius 2 is 2.13 bits per heavy atom. The molecule has 1 aromatic heterocycles. The maximum atomic E-state index is 5.32. The van der Waals surface area contributed by atoms with Crippen LogP contribution in [0, 0.1) is 6.92 Å². The lowest BCUT2D eigenvalue weighted by Crippen LogP contribution is -2.28. The molecule has 86 valence electrons. The average Bonchev–Trinajstić information content (AvgIpc) is 2.51. The van der Waals surface area contributed by atoms with Crippen molar-refractivity contribution in [2.24, 2.45) is 0 Å². The smallest absolute Gasteiger partial charge is 0.276 e. The summed E-state index contributed by atoms with van der Waals surface area (Å²) >= 11 is 1.64. The minimum atomic E-state index is 0.485. The van der Waals surface area contributed by atoms with Gasteiger partial charge in [0.05, 0.1) is 0 Å². The van der Waals surface area contributed by atoms with Gasteiger partial charge in [0.25, 0.3) is 5.22 Å². The number of thioether (sulfide) groups is 1. The van der Waals surface area contributed by atoms with E-state index in [4.69, 9.17) is 4.42 Å². The summed E-state index contributed by atoms with van der Waals surface area (Å²) in [5.74, 6) is 0.629. The maximum absolute atomic E-state index is 5.32. The van der Waals surface area contributed by atoms with Crippen LogP contribution in [0.3, 0.4) is 0 Å². The monoisotopic (exact) mass is 229 g/mol. The van der Waals surface area contributed by atoms with Crippen LogP contribution in [0.15, 0.2) is 9.64 Å². The van der Waals surface area contributed by atoms with Gasteiger partial charge in [0.2, 0.25) is 5.89 Å². The van der Waals surface area contributed by atoms with Crippen molar-refractivity contribution in [3.63, 3.8) is 0 Å². The van der Waals surface area contributed by atoms with Crippen molar-refractivity contribution in [2.45, 2.75) is 50.6 Å². The van der Waals surface area contributed by atoms with Gasteiger partial charge in [-0.15, -0.1) is 10.2 Å². The third-order valence-corrected chi connectivity index (χ3v) is 3.01. The van der Waals surface area contributed by atoms with Crippen molar-refractivity contribution in [3.8, 4) is 0 Å². The number of aromatic nitrogens is 2. The molecule has 4 nitrogen and oxygen atoms in total. The third-order valence-electron chi connectivity index (χ3n) is 2.05. The maximum Gasteiger partial charge on any atom is 0.276 e. The Labute approximate surface area is 95.2 Å². The van der Waals surface area contributed by atoms with Crippen LogP contribution in [0.2, 0.25) is 0 Å². The predicted octanol–water partition coefficient (Wildman–Crippen LogP) is 2.25. The molecule has 0 spiro atoms. The Bertz CT molecular complexity index is 290. The fourth-order valence-corrected chi connectivity index (χ4v) is 2.46. The predicted molar refractivity (Wildman–Crippen MR) is 62.1 cm³/mol. The van der Waals surface area contributed by atoms with E-state index in [1.165, 1.54) is 0 Å². The van der Waals surface area contributed by atoms with E-state index < -0.39 is 0 Å². The van der Waals surface area contributed by atoms with Gasteiger partial charge in [-0.25, -0.2) is 0 Å². The minimum Gasteiger partial charge on any atom is -0.416 e. The van der Waals surface area contributed by atoms with E-state index in [0.717, 1.165) is 13.0 Å². The number of rotatable bonds is 6. The summed E-state index contributed by atoms with van der Waals surface area (Å²) in [7, 11) is 0. The molecular formula is C10H19N3OS. The number of nitrogens with zero attached hydrogens (tertiary/aromatic N) is 2. The van der Waals surface area contributed by atoms with Crippen molar-refractivity contribution >= 4 is 11.8 Å². The summed E-state index contributed by atoms with van der Waals surface area (Å²) in [6.45, 7) is 9.31. The lowest BCUT2D eigenvalue weighted by Gasteiger charge is -2.15. The fourth-order valence-electron chi connectivity index (χ4n) is 1.48. The zero-order chi connectivity index (χ0) is 11.3. The fraction of sp³-hybridized carbons (Fsp3) is 0.800. The van der Waals surface area contributed by atoms with E-state index in [1.54, 1.807) is 11.8 Å². The first-order valence-corrected chi connectivity index (χ1v) is 6.20. The first kappa shape index (κ1) is 12.5. The summed E-state index contributed by atoms with van der Waals surface area (Å²) in [5.41, 5.74) is 0. The van der Waals surface area contributed by atoms with Gasteiger partial charge in [0.15, 0.2) is 0 Å². The Hall–Kier alpha value is -0.550. The molecule has 0 saturated carbocycles. The van der Waals surface area contributed by atoms with E-state index in [9.17, 15) is 0 Å². The van der Waals surface area contributed by atoms with Crippen LogP contribution < -0.4 is 5.32 Å². The molecule has 1 aromatic rings. The van der Waals surface area contributed by atoms with Crippen molar-refractivity contribution < 1.29 is 4.42 Å².